The van der Waals surface area contributed by atoms with Gasteiger partial charge in [-0.15, -0.1) is 0 Å². The zero-order valence-corrected chi connectivity index (χ0v) is 14.7. The van der Waals surface area contributed by atoms with Crippen molar-refractivity contribution in [3.63, 3.8) is 0 Å². The first-order valence-corrected chi connectivity index (χ1v) is 8.27. The lowest BCUT2D eigenvalue weighted by atomic mass is 10.2. The SMILES string of the molecule is Cc1cc(Cl)ccc1NC(=O)c1cnc(NCc2ccccc2F)cn1. The van der Waals surface area contributed by atoms with E-state index in [-0.39, 0.29) is 24.0 Å². The van der Waals surface area contributed by atoms with Crippen molar-refractivity contribution in [1.82, 2.24) is 9.97 Å². The summed E-state index contributed by atoms with van der Waals surface area (Å²) < 4.78 is 13.6. The Bertz CT molecular complexity index is 931. The van der Waals surface area contributed by atoms with Crippen molar-refractivity contribution in [2.24, 2.45) is 0 Å². The van der Waals surface area contributed by atoms with Crippen LogP contribution < -0.4 is 10.6 Å². The largest absolute Gasteiger partial charge is 0.365 e. The predicted molar refractivity (Wildman–Crippen MR) is 99.9 cm³/mol. The summed E-state index contributed by atoms with van der Waals surface area (Å²) in [5.41, 5.74) is 2.20. The molecule has 3 aromatic rings. The lowest BCUT2D eigenvalue weighted by Crippen LogP contribution is -2.15. The Labute approximate surface area is 155 Å². The molecular formula is C19H16ClFN4O. The number of anilines is 2. The highest BCUT2D eigenvalue weighted by molar-refractivity contribution is 6.30. The molecule has 26 heavy (non-hydrogen) atoms. The highest BCUT2D eigenvalue weighted by Gasteiger charge is 2.10. The highest BCUT2D eigenvalue weighted by Crippen LogP contribution is 2.20. The summed E-state index contributed by atoms with van der Waals surface area (Å²) in [6, 6.07) is 11.7. The topological polar surface area (TPSA) is 66.9 Å². The molecule has 2 N–H and O–H groups in total. The standard InChI is InChI=1S/C19H16ClFN4O/c1-12-8-14(20)6-7-16(12)25-19(26)17-10-24-18(11-22-17)23-9-13-4-2-3-5-15(13)21/h2-8,10-11H,9H2,1H3,(H,23,24)(H,25,26). The third-order valence-corrected chi connectivity index (χ3v) is 3.97. The molecule has 2 aromatic carbocycles. The van der Waals surface area contributed by atoms with E-state index >= 15 is 0 Å². The molecule has 0 aliphatic rings. The van der Waals surface area contributed by atoms with Crippen LogP contribution in [0, 0.1) is 12.7 Å². The monoisotopic (exact) mass is 370 g/mol. The van der Waals surface area contributed by atoms with E-state index in [2.05, 4.69) is 20.6 Å². The van der Waals surface area contributed by atoms with Gasteiger partial charge in [0.2, 0.25) is 0 Å². The first-order valence-electron chi connectivity index (χ1n) is 7.90. The van der Waals surface area contributed by atoms with E-state index in [0.29, 0.717) is 22.1 Å². The fraction of sp³-hybridized carbons (Fsp3) is 0.105. The normalized spacial score (nSPS) is 10.4. The Morgan fingerprint density at radius 3 is 2.65 bits per heavy atom. The molecule has 0 saturated carbocycles. The quantitative estimate of drug-likeness (QED) is 0.696. The summed E-state index contributed by atoms with van der Waals surface area (Å²) in [6.45, 7) is 2.12. The van der Waals surface area contributed by atoms with Crippen LogP contribution >= 0.6 is 11.6 Å². The second-order valence-corrected chi connectivity index (χ2v) is 6.08. The van der Waals surface area contributed by atoms with Gasteiger partial charge in [-0.1, -0.05) is 29.8 Å². The van der Waals surface area contributed by atoms with Crippen LogP contribution in [0.2, 0.25) is 5.02 Å². The molecule has 0 aliphatic carbocycles. The van der Waals surface area contributed by atoms with Gasteiger partial charge in [-0.3, -0.25) is 4.79 Å². The van der Waals surface area contributed by atoms with Crippen LogP contribution in [0.1, 0.15) is 21.6 Å². The van der Waals surface area contributed by atoms with E-state index in [0.717, 1.165) is 5.56 Å². The van der Waals surface area contributed by atoms with Gasteiger partial charge in [-0.05, 0) is 36.8 Å². The van der Waals surface area contributed by atoms with Crippen LogP contribution in [-0.4, -0.2) is 15.9 Å². The molecule has 3 rings (SSSR count). The number of benzene rings is 2. The number of amides is 1. The van der Waals surface area contributed by atoms with Crippen molar-refractivity contribution >= 4 is 29.0 Å². The van der Waals surface area contributed by atoms with Gasteiger partial charge in [0.05, 0.1) is 12.4 Å². The minimum atomic E-state index is -0.372. The van der Waals surface area contributed by atoms with Gasteiger partial charge < -0.3 is 10.6 Å². The number of nitrogens with zero attached hydrogens (tertiary/aromatic N) is 2. The van der Waals surface area contributed by atoms with E-state index in [9.17, 15) is 9.18 Å². The molecule has 0 spiro atoms. The molecule has 0 atom stereocenters. The molecule has 0 radical (unpaired) electrons. The van der Waals surface area contributed by atoms with Crippen molar-refractivity contribution in [2.45, 2.75) is 13.5 Å². The fourth-order valence-electron chi connectivity index (χ4n) is 2.32. The molecule has 0 unspecified atom stereocenters. The number of hydrogen-bond donors (Lipinski definition) is 2. The Balaban J connectivity index is 1.63. The maximum atomic E-state index is 13.6. The van der Waals surface area contributed by atoms with E-state index in [1.807, 2.05) is 6.92 Å². The predicted octanol–water partition coefficient (Wildman–Crippen LogP) is 4.44. The summed E-state index contributed by atoms with van der Waals surface area (Å²) in [4.78, 5) is 20.5. The van der Waals surface area contributed by atoms with Crippen molar-refractivity contribution in [1.29, 1.82) is 0 Å². The van der Waals surface area contributed by atoms with E-state index < -0.39 is 0 Å². The summed E-state index contributed by atoms with van der Waals surface area (Å²) in [7, 11) is 0. The van der Waals surface area contributed by atoms with E-state index in [1.54, 1.807) is 36.4 Å². The van der Waals surface area contributed by atoms with Gasteiger partial charge in [0.15, 0.2) is 0 Å². The lowest BCUT2D eigenvalue weighted by Gasteiger charge is -2.09. The van der Waals surface area contributed by atoms with Crippen molar-refractivity contribution in [2.75, 3.05) is 10.6 Å². The second-order valence-electron chi connectivity index (χ2n) is 5.65. The molecule has 7 heteroatoms. The minimum Gasteiger partial charge on any atom is -0.365 e. The number of aromatic nitrogens is 2. The smallest absolute Gasteiger partial charge is 0.275 e. The number of aryl methyl sites for hydroxylation is 1. The molecule has 132 valence electrons. The molecular weight excluding hydrogens is 355 g/mol. The average Bonchev–Trinajstić information content (AvgIpc) is 2.64. The fourth-order valence-corrected chi connectivity index (χ4v) is 2.54. The van der Waals surface area contributed by atoms with Gasteiger partial charge >= 0.3 is 0 Å². The number of rotatable bonds is 5. The van der Waals surface area contributed by atoms with Crippen LogP contribution in [0.5, 0.6) is 0 Å². The number of hydrogen-bond acceptors (Lipinski definition) is 4. The Morgan fingerprint density at radius 1 is 1.15 bits per heavy atom. The molecule has 1 amide bonds. The summed E-state index contributed by atoms with van der Waals surface area (Å²) in [6.07, 6.45) is 2.80. The van der Waals surface area contributed by atoms with Crippen LogP contribution in [0.4, 0.5) is 15.9 Å². The van der Waals surface area contributed by atoms with Gasteiger partial charge in [0.25, 0.3) is 5.91 Å². The maximum Gasteiger partial charge on any atom is 0.275 e. The summed E-state index contributed by atoms with van der Waals surface area (Å²) in [5, 5.41) is 6.34. The summed E-state index contributed by atoms with van der Waals surface area (Å²) >= 11 is 5.91. The molecule has 1 heterocycles. The molecule has 5 nitrogen and oxygen atoms in total. The van der Waals surface area contributed by atoms with Crippen molar-refractivity contribution in [3.8, 4) is 0 Å². The Morgan fingerprint density at radius 2 is 1.96 bits per heavy atom. The number of halogens is 2. The van der Waals surface area contributed by atoms with Gasteiger partial charge in [0.1, 0.15) is 17.3 Å². The molecule has 0 saturated heterocycles. The molecule has 0 bridgehead atoms. The van der Waals surface area contributed by atoms with E-state index in [1.165, 1.54) is 18.5 Å². The van der Waals surface area contributed by atoms with Crippen LogP contribution in [-0.2, 0) is 6.54 Å². The lowest BCUT2D eigenvalue weighted by molar-refractivity contribution is 0.102. The third-order valence-electron chi connectivity index (χ3n) is 3.74. The van der Waals surface area contributed by atoms with E-state index in [4.69, 9.17) is 11.6 Å². The number of carbonyl (C=O) groups excluding carboxylic acids is 1. The first-order chi connectivity index (χ1) is 12.5. The van der Waals surface area contributed by atoms with Crippen molar-refractivity contribution < 1.29 is 9.18 Å². The molecule has 1 aromatic heterocycles. The van der Waals surface area contributed by atoms with Crippen LogP contribution in [0.15, 0.2) is 54.9 Å². The minimum absolute atomic E-state index is 0.177. The highest BCUT2D eigenvalue weighted by atomic mass is 35.5. The van der Waals surface area contributed by atoms with Gasteiger partial charge in [-0.2, -0.15) is 0 Å². The van der Waals surface area contributed by atoms with Crippen molar-refractivity contribution in [3.05, 3.63) is 82.5 Å². The Hall–Kier alpha value is -2.99. The zero-order chi connectivity index (χ0) is 18.5. The second kappa shape index (κ2) is 7.93. The molecule has 0 fully saturated rings. The number of nitrogens with one attached hydrogen (secondary N) is 2. The van der Waals surface area contributed by atoms with Gasteiger partial charge in [0, 0.05) is 22.8 Å². The zero-order valence-electron chi connectivity index (χ0n) is 14.0. The summed E-state index contributed by atoms with van der Waals surface area (Å²) in [5.74, 6) is -0.210. The van der Waals surface area contributed by atoms with Gasteiger partial charge in [-0.25, -0.2) is 14.4 Å². The number of carbonyl (C=O) groups is 1. The van der Waals surface area contributed by atoms with Crippen LogP contribution in [0.3, 0.4) is 0 Å². The molecule has 0 aliphatic heterocycles. The maximum absolute atomic E-state index is 13.6. The third kappa shape index (κ3) is 4.34. The van der Waals surface area contributed by atoms with Crippen LogP contribution in [0.25, 0.3) is 0 Å². The first kappa shape index (κ1) is 17.8. The Kier molecular flexibility index (Phi) is 5.43. The average molecular weight is 371 g/mol.